The number of hydrogen-bond donors (Lipinski definition) is 1. The van der Waals surface area contributed by atoms with E-state index in [9.17, 15) is 9.59 Å². The smallest absolute Gasteiger partial charge is 0.322 e. The lowest BCUT2D eigenvalue weighted by Crippen LogP contribution is -2.52. The summed E-state index contributed by atoms with van der Waals surface area (Å²) in [7, 11) is 0. The van der Waals surface area contributed by atoms with E-state index in [-0.39, 0.29) is 24.0 Å². The molecule has 0 bridgehead atoms. The van der Waals surface area contributed by atoms with Crippen LogP contribution < -0.4 is 5.32 Å². The van der Waals surface area contributed by atoms with Gasteiger partial charge in [-0.05, 0) is 51.3 Å². The first-order chi connectivity index (χ1) is 11.3. The van der Waals surface area contributed by atoms with Gasteiger partial charge in [-0.2, -0.15) is 0 Å². The van der Waals surface area contributed by atoms with Crippen LogP contribution >= 0.6 is 11.6 Å². The van der Waals surface area contributed by atoms with Gasteiger partial charge in [0.1, 0.15) is 0 Å². The van der Waals surface area contributed by atoms with Crippen LogP contribution in [0.25, 0.3) is 0 Å². The number of halogens is 1. The van der Waals surface area contributed by atoms with Crippen molar-refractivity contribution in [1.29, 1.82) is 0 Å². The van der Waals surface area contributed by atoms with E-state index in [1.54, 1.807) is 6.92 Å². The number of nitrogens with one attached hydrogen (secondary N) is 1. The second kappa shape index (κ2) is 7.88. The molecule has 0 aliphatic carbocycles. The molecule has 1 aliphatic rings. The van der Waals surface area contributed by atoms with Crippen LogP contribution in [0, 0.1) is 6.92 Å². The van der Waals surface area contributed by atoms with Crippen molar-refractivity contribution in [2.45, 2.75) is 52.6 Å². The van der Waals surface area contributed by atoms with Gasteiger partial charge in [0, 0.05) is 42.8 Å². The van der Waals surface area contributed by atoms with Crippen LogP contribution in [0.3, 0.4) is 0 Å². The number of rotatable bonds is 3. The molecule has 0 spiro atoms. The Morgan fingerprint density at radius 3 is 2.46 bits per heavy atom. The first-order valence-corrected chi connectivity index (χ1v) is 8.79. The molecule has 0 aromatic heterocycles. The minimum Gasteiger partial charge on any atom is -0.343 e. The maximum absolute atomic E-state index is 12.8. The molecule has 0 atom stereocenters. The SMILES string of the molecule is CC(=O)N1CCC(N(C(=O)Nc2cccc(Cl)c2C)C(C)C)CC1. The summed E-state index contributed by atoms with van der Waals surface area (Å²) < 4.78 is 0. The summed E-state index contributed by atoms with van der Waals surface area (Å²) in [6.45, 7) is 8.92. The van der Waals surface area contributed by atoms with Crippen molar-refractivity contribution in [3.8, 4) is 0 Å². The monoisotopic (exact) mass is 351 g/mol. The largest absolute Gasteiger partial charge is 0.343 e. The Morgan fingerprint density at radius 2 is 1.92 bits per heavy atom. The van der Waals surface area contributed by atoms with Crippen LogP contribution in [-0.4, -0.2) is 46.9 Å². The van der Waals surface area contributed by atoms with Gasteiger partial charge in [-0.1, -0.05) is 17.7 Å². The second-order valence-electron chi connectivity index (χ2n) is 6.58. The first-order valence-electron chi connectivity index (χ1n) is 8.41. The highest BCUT2D eigenvalue weighted by atomic mass is 35.5. The summed E-state index contributed by atoms with van der Waals surface area (Å²) >= 11 is 6.13. The van der Waals surface area contributed by atoms with Gasteiger partial charge in [0.15, 0.2) is 0 Å². The standard InChI is InChI=1S/C18H26ClN3O2/c1-12(2)22(15-8-10-21(11-9-15)14(4)23)18(24)20-17-7-5-6-16(19)13(17)3/h5-7,12,15H,8-11H2,1-4H3,(H,20,24). The number of carbonyl (C=O) groups excluding carboxylic acids is 2. The normalized spacial score (nSPS) is 15.5. The van der Waals surface area contributed by atoms with Crippen LogP contribution in [-0.2, 0) is 4.79 Å². The molecule has 1 fully saturated rings. The lowest BCUT2D eigenvalue weighted by atomic mass is 10.0. The van der Waals surface area contributed by atoms with E-state index in [4.69, 9.17) is 11.6 Å². The van der Waals surface area contributed by atoms with Crippen LogP contribution in [0.1, 0.15) is 39.2 Å². The molecule has 1 saturated heterocycles. The van der Waals surface area contributed by atoms with Gasteiger partial charge in [0.05, 0.1) is 0 Å². The van der Waals surface area contributed by atoms with Gasteiger partial charge in [-0.3, -0.25) is 4.79 Å². The molecule has 1 aromatic carbocycles. The number of urea groups is 1. The fraction of sp³-hybridized carbons (Fsp3) is 0.556. The van der Waals surface area contributed by atoms with Crippen LogP contribution in [0.5, 0.6) is 0 Å². The summed E-state index contributed by atoms with van der Waals surface area (Å²) in [6, 6.07) is 5.60. The van der Waals surface area contributed by atoms with Crippen molar-refractivity contribution in [2.24, 2.45) is 0 Å². The van der Waals surface area contributed by atoms with E-state index in [1.165, 1.54) is 0 Å². The van der Waals surface area contributed by atoms with E-state index in [2.05, 4.69) is 5.32 Å². The lowest BCUT2D eigenvalue weighted by molar-refractivity contribution is -0.130. The van der Waals surface area contributed by atoms with Gasteiger partial charge in [-0.25, -0.2) is 4.79 Å². The molecule has 132 valence electrons. The predicted octanol–water partition coefficient (Wildman–Crippen LogP) is 3.90. The number of benzene rings is 1. The number of piperidine rings is 1. The van der Waals surface area contributed by atoms with Crippen molar-refractivity contribution in [2.75, 3.05) is 18.4 Å². The van der Waals surface area contributed by atoms with Crippen LogP contribution in [0.15, 0.2) is 18.2 Å². The quantitative estimate of drug-likeness (QED) is 0.897. The number of carbonyl (C=O) groups is 2. The maximum atomic E-state index is 12.8. The zero-order valence-electron chi connectivity index (χ0n) is 14.8. The molecular weight excluding hydrogens is 326 g/mol. The minimum absolute atomic E-state index is 0.0818. The topological polar surface area (TPSA) is 52.7 Å². The van der Waals surface area contributed by atoms with Crippen molar-refractivity contribution >= 4 is 29.2 Å². The Hall–Kier alpha value is -1.75. The highest BCUT2D eigenvalue weighted by Gasteiger charge is 2.30. The average molecular weight is 352 g/mol. The van der Waals surface area contributed by atoms with Gasteiger partial charge in [0.25, 0.3) is 0 Å². The van der Waals surface area contributed by atoms with Crippen molar-refractivity contribution < 1.29 is 9.59 Å². The zero-order valence-corrected chi connectivity index (χ0v) is 15.6. The Labute approximate surface area is 149 Å². The third-order valence-electron chi connectivity index (χ3n) is 4.60. The Morgan fingerprint density at radius 1 is 1.29 bits per heavy atom. The molecule has 0 unspecified atom stereocenters. The zero-order chi connectivity index (χ0) is 17.9. The molecule has 0 radical (unpaired) electrons. The Bertz CT molecular complexity index is 610. The molecule has 0 saturated carbocycles. The van der Waals surface area contributed by atoms with Gasteiger partial charge >= 0.3 is 6.03 Å². The molecule has 1 N–H and O–H groups in total. The molecule has 1 aliphatic heterocycles. The van der Waals surface area contributed by atoms with Crippen molar-refractivity contribution in [3.63, 3.8) is 0 Å². The van der Waals surface area contributed by atoms with Crippen LogP contribution in [0.4, 0.5) is 10.5 Å². The van der Waals surface area contributed by atoms with Gasteiger partial charge in [-0.15, -0.1) is 0 Å². The van der Waals surface area contributed by atoms with Gasteiger partial charge in [0.2, 0.25) is 5.91 Å². The Balaban J connectivity index is 2.09. The maximum Gasteiger partial charge on any atom is 0.322 e. The number of likely N-dealkylation sites (tertiary alicyclic amines) is 1. The summed E-state index contributed by atoms with van der Waals surface area (Å²) in [5.74, 6) is 0.101. The lowest BCUT2D eigenvalue weighted by Gasteiger charge is -2.40. The predicted molar refractivity (Wildman–Crippen MR) is 97.5 cm³/mol. The fourth-order valence-corrected chi connectivity index (χ4v) is 3.38. The summed E-state index contributed by atoms with van der Waals surface area (Å²) in [4.78, 5) is 28.0. The van der Waals surface area contributed by atoms with Crippen molar-refractivity contribution in [3.05, 3.63) is 28.8 Å². The second-order valence-corrected chi connectivity index (χ2v) is 6.99. The number of amides is 3. The molecule has 2 rings (SSSR count). The fourth-order valence-electron chi connectivity index (χ4n) is 3.20. The molecule has 5 nitrogen and oxygen atoms in total. The molecule has 6 heteroatoms. The molecule has 24 heavy (non-hydrogen) atoms. The van der Waals surface area contributed by atoms with Crippen molar-refractivity contribution in [1.82, 2.24) is 9.80 Å². The summed E-state index contributed by atoms with van der Waals surface area (Å²) in [5.41, 5.74) is 1.60. The number of nitrogens with zero attached hydrogens (tertiary/aromatic N) is 2. The van der Waals surface area contributed by atoms with E-state index in [0.717, 1.165) is 24.1 Å². The molecular formula is C18H26ClN3O2. The highest BCUT2D eigenvalue weighted by Crippen LogP contribution is 2.25. The minimum atomic E-state index is -0.114. The summed E-state index contributed by atoms with van der Waals surface area (Å²) in [5, 5.41) is 3.62. The number of hydrogen-bond acceptors (Lipinski definition) is 2. The molecule has 1 heterocycles. The van der Waals surface area contributed by atoms with Gasteiger partial charge < -0.3 is 15.1 Å². The third kappa shape index (κ3) is 4.20. The Kier molecular flexibility index (Phi) is 6.10. The van der Waals surface area contributed by atoms with E-state index < -0.39 is 0 Å². The third-order valence-corrected chi connectivity index (χ3v) is 5.01. The molecule has 3 amide bonds. The van der Waals surface area contributed by atoms with E-state index >= 15 is 0 Å². The van der Waals surface area contributed by atoms with E-state index in [0.29, 0.717) is 18.1 Å². The summed E-state index contributed by atoms with van der Waals surface area (Å²) in [6.07, 6.45) is 1.61. The van der Waals surface area contributed by atoms with E-state index in [1.807, 2.05) is 48.8 Å². The van der Waals surface area contributed by atoms with Crippen LogP contribution in [0.2, 0.25) is 5.02 Å². The first kappa shape index (κ1) is 18.6. The molecule has 1 aromatic rings. The number of anilines is 1. The highest BCUT2D eigenvalue weighted by molar-refractivity contribution is 6.31. The average Bonchev–Trinajstić information content (AvgIpc) is 2.52.